The van der Waals surface area contributed by atoms with E-state index in [0.717, 1.165) is 72.2 Å². The molecule has 0 aliphatic carbocycles. The zero-order chi connectivity index (χ0) is 21.8. The molecule has 3 aromatic heterocycles. The fourth-order valence-corrected chi connectivity index (χ4v) is 4.35. The first-order valence-electron chi connectivity index (χ1n) is 11.0. The van der Waals surface area contributed by atoms with Crippen molar-refractivity contribution in [1.82, 2.24) is 19.9 Å². The van der Waals surface area contributed by atoms with Gasteiger partial charge in [-0.3, -0.25) is 9.88 Å². The van der Waals surface area contributed by atoms with Gasteiger partial charge < -0.3 is 9.15 Å². The van der Waals surface area contributed by atoms with Gasteiger partial charge in [-0.25, -0.2) is 9.97 Å². The molecular weight excluding hydrogens is 400 g/mol. The molecule has 6 heteroatoms. The molecule has 162 valence electrons. The van der Waals surface area contributed by atoms with Crippen LogP contribution in [0.15, 0.2) is 77.8 Å². The predicted molar refractivity (Wildman–Crippen MR) is 123 cm³/mol. The van der Waals surface area contributed by atoms with Crippen molar-refractivity contribution in [3.63, 3.8) is 0 Å². The molecule has 4 aromatic rings. The van der Waals surface area contributed by atoms with Gasteiger partial charge in [-0.05, 0) is 67.9 Å². The van der Waals surface area contributed by atoms with Crippen LogP contribution in [0.4, 0.5) is 0 Å². The van der Waals surface area contributed by atoms with E-state index in [2.05, 4.69) is 22.0 Å². The summed E-state index contributed by atoms with van der Waals surface area (Å²) in [4.78, 5) is 16.4. The molecule has 0 atom stereocenters. The van der Waals surface area contributed by atoms with Crippen molar-refractivity contribution in [2.24, 2.45) is 0 Å². The van der Waals surface area contributed by atoms with E-state index in [1.54, 1.807) is 25.8 Å². The summed E-state index contributed by atoms with van der Waals surface area (Å²) in [6.45, 7) is 2.88. The number of pyridine rings is 1. The fourth-order valence-electron chi connectivity index (χ4n) is 4.35. The number of hydrogen-bond acceptors (Lipinski definition) is 6. The van der Waals surface area contributed by atoms with Gasteiger partial charge in [0.25, 0.3) is 0 Å². The molecule has 5 rings (SSSR count). The first-order valence-corrected chi connectivity index (χ1v) is 11.0. The lowest BCUT2D eigenvalue weighted by molar-refractivity contribution is 0.190. The first kappa shape index (κ1) is 20.4. The van der Waals surface area contributed by atoms with Crippen LogP contribution in [-0.2, 0) is 6.54 Å². The molecule has 1 aliphatic rings. The van der Waals surface area contributed by atoms with Gasteiger partial charge >= 0.3 is 0 Å². The summed E-state index contributed by atoms with van der Waals surface area (Å²) in [5.41, 5.74) is 4.25. The fraction of sp³-hybridized carbons (Fsp3) is 0.269. The van der Waals surface area contributed by atoms with Gasteiger partial charge in [0.05, 0.1) is 25.6 Å². The van der Waals surface area contributed by atoms with Crippen molar-refractivity contribution in [2.45, 2.75) is 25.3 Å². The second kappa shape index (κ2) is 9.32. The summed E-state index contributed by atoms with van der Waals surface area (Å²) in [5, 5.41) is 0. The van der Waals surface area contributed by atoms with Crippen LogP contribution in [0.25, 0.3) is 22.5 Å². The van der Waals surface area contributed by atoms with Crippen molar-refractivity contribution in [3.8, 4) is 28.3 Å². The minimum absolute atomic E-state index is 0.368. The van der Waals surface area contributed by atoms with Gasteiger partial charge in [-0.15, -0.1) is 0 Å². The maximum Gasteiger partial charge on any atom is 0.159 e. The number of ether oxygens (including phenoxy) is 1. The molecule has 1 fully saturated rings. The van der Waals surface area contributed by atoms with Crippen molar-refractivity contribution in [1.29, 1.82) is 0 Å². The molecular formula is C26H26N4O2. The number of methoxy groups -OCH3 is 1. The third-order valence-electron chi connectivity index (χ3n) is 6.07. The van der Waals surface area contributed by atoms with Crippen LogP contribution in [0.3, 0.4) is 0 Å². The Labute approximate surface area is 187 Å². The summed E-state index contributed by atoms with van der Waals surface area (Å²) >= 11 is 0. The van der Waals surface area contributed by atoms with Gasteiger partial charge in [0.2, 0.25) is 0 Å². The SMILES string of the molecule is COc1cccc(-c2cnc(-c3ccncc3)nc2C2CCN(Cc3ccco3)CC2)c1. The zero-order valence-electron chi connectivity index (χ0n) is 18.1. The van der Waals surface area contributed by atoms with Crippen LogP contribution in [-0.4, -0.2) is 40.1 Å². The smallest absolute Gasteiger partial charge is 0.159 e. The molecule has 0 spiro atoms. The highest BCUT2D eigenvalue weighted by Crippen LogP contribution is 2.36. The predicted octanol–water partition coefficient (Wildman–Crippen LogP) is 5.19. The quantitative estimate of drug-likeness (QED) is 0.423. The molecule has 1 aromatic carbocycles. The lowest BCUT2D eigenvalue weighted by Gasteiger charge is -2.32. The maximum absolute atomic E-state index is 5.53. The molecule has 1 aliphatic heterocycles. The molecule has 0 saturated carbocycles. The Kier molecular flexibility index (Phi) is 5.94. The molecule has 32 heavy (non-hydrogen) atoms. The number of piperidine rings is 1. The Morgan fingerprint density at radius 1 is 1.03 bits per heavy atom. The van der Waals surface area contributed by atoms with Crippen molar-refractivity contribution < 1.29 is 9.15 Å². The van der Waals surface area contributed by atoms with Gasteiger partial charge in [0.15, 0.2) is 5.82 Å². The lowest BCUT2D eigenvalue weighted by Crippen LogP contribution is -2.32. The number of furan rings is 1. The topological polar surface area (TPSA) is 64.3 Å². The Hall–Kier alpha value is -3.51. The summed E-state index contributed by atoms with van der Waals surface area (Å²) in [6.07, 6.45) is 9.35. The highest BCUT2D eigenvalue weighted by molar-refractivity contribution is 5.69. The summed E-state index contributed by atoms with van der Waals surface area (Å²) in [7, 11) is 1.69. The van der Waals surface area contributed by atoms with Crippen molar-refractivity contribution in [2.75, 3.05) is 20.2 Å². The molecule has 0 N–H and O–H groups in total. The highest BCUT2D eigenvalue weighted by Gasteiger charge is 2.25. The number of likely N-dealkylation sites (tertiary alicyclic amines) is 1. The average molecular weight is 427 g/mol. The third kappa shape index (κ3) is 4.41. The Bertz CT molecular complexity index is 1150. The van der Waals surface area contributed by atoms with E-state index in [1.165, 1.54) is 0 Å². The van der Waals surface area contributed by atoms with Gasteiger partial charge in [-0.1, -0.05) is 12.1 Å². The standard InChI is InChI=1S/C26H26N4O2/c1-31-22-5-2-4-21(16-22)24-17-28-26(20-7-11-27-12-8-20)29-25(24)19-9-13-30(14-10-19)18-23-6-3-15-32-23/h2-8,11-12,15-17,19H,9-10,13-14,18H2,1H3. The average Bonchev–Trinajstić information content (AvgIpc) is 3.38. The monoisotopic (exact) mass is 426 g/mol. The van der Waals surface area contributed by atoms with E-state index >= 15 is 0 Å². The Balaban J connectivity index is 1.45. The Morgan fingerprint density at radius 2 is 1.88 bits per heavy atom. The van der Waals surface area contributed by atoms with Gasteiger partial charge in [0, 0.05) is 35.6 Å². The highest BCUT2D eigenvalue weighted by atomic mass is 16.5. The van der Waals surface area contributed by atoms with Crippen LogP contribution in [0.2, 0.25) is 0 Å². The maximum atomic E-state index is 5.53. The van der Waals surface area contributed by atoms with E-state index in [4.69, 9.17) is 19.1 Å². The molecule has 6 nitrogen and oxygen atoms in total. The molecule has 1 saturated heterocycles. The number of hydrogen-bond donors (Lipinski definition) is 0. The molecule has 4 heterocycles. The van der Waals surface area contributed by atoms with E-state index in [1.807, 2.05) is 42.6 Å². The molecule has 0 bridgehead atoms. The van der Waals surface area contributed by atoms with Gasteiger partial charge in [0.1, 0.15) is 11.5 Å². The second-order valence-corrected chi connectivity index (χ2v) is 8.09. The van der Waals surface area contributed by atoms with Crippen LogP contribution < -0.4 is 4.74 Å². The van der Waals surface area contributed by atoms with E-state index in [0.29, 0.717) is 5.92 Å². The lowest BCUT2D eigenvalue weighted by atomic mass is 9.88. The van der Waals surface area contributed by atoms with Gasteiger partial charge in [-0.2, -0.15) is 0 Å². The first-order chi connectivity index (χ1) is 15.8. The Morgan fingerprint density at radius 3 is 2.62 bits per heavy atom. The number of rotatable bonds is 6. The van der Waals surface area contributed by atoms with Crippen LogP contribution in [0.5, 0.6) is 5.75 Å². The molecule has 0 amide bonds. The third-order valence-corrected chi connectivity index (χ3v) is 6.07. The minimum atomic E-state index is 0.368. The minimum Gasteiger partial charge on any atom is -0.497 e. The molecule has 0 unspecified atom stereocenters. The van der Waals surface area contributed by atoms with Crippen molar-refractivity contribution >= 4 is 0 Å². The summed E-state index contributed by atoms with van der Waals surface area (Å²) in [5.74, 6) is 2.96. The second-order valence-electron chi connectivity index (χ2n) is 8.09. The summed E-state index contributed by atoms with van der Waals surface area (Å²) < 4.78 is 11.0. The van der Waals surface area contributed by atoms with Crippen LogP contribution >= 0.6 is 0 Å². The van der Waals surface area contributed by atoms with E-state index < -0.39 is 0 Å². The number of aromatic nitrogens is 3. The van der Waals surface area contributed by atoms with E-state index in [-0.39, 0.29) is 0 Å². The van der Waals surface area contributed by atoms with Crippen LogP contribution in [0.1, 0.15) is 30.2 Å². The number of benzene rings is 1. The normalized spacial score (nSPS) is 15.0. The van der Waals surface area contributed by atoms with Crippen molar-refractivity contribution in [3.05, 3.63) is 84.8 Å². The zero-order valence-corrected chi connectivity index (χ0v) is 18.1. The largest absolute Gasteiger partial charge is 0.497 e. The van der Waals surface area contributed by atoms with Crippen LogP contribution in [0, 0.1) is 0 Å². The van der Waals surface area contributed by atoms with E-state index in [9.17, 15) is 0 Å². The number of nitrogens with zero attached hydrogens (tertiary/aromatic N) is 4. The molecule has 0 radical (unpaired) electrons. The summed E-state index contributed by atoms with van der Waals surface area (Å²) in [6, 6.07) is 16.0.